The number of amides is 1. The van der Waals surface area contributed by atoms with Crippen LogP contribution in [0.1, 0.15) is 18.2 Å². The lowest BCUT2D eigenvalue weighted by molar-refractivity contribution is -0.123. The molecule has 0 saturated carbocycles. The Balaban J connectivity index is 1.28. The number of aryl methyl sites for hydroxylation is 1. The van der Waals surface area contributed by atoms with Crippen LogP contribution in [0.3, 0.4) is 0 Å². The van der Waals surface area contributed by atoms with E-state index in [4.69, 9.17) is 9.47 Å². The van der Waals surface area contributed by atoms with E-state index in [2.05, 4.69) is 26.8 Å². The van der Waals surface area contributed by atoms with Gasteiger partial charge in [0.25, 0.3) is 0 Å². The van der Waals surface area contributed by atoms with Gasteiger partial charge in [0.15, 0.2) is 11.5 Å². The molecule has 7 nitrogen and oxygen atoms in total. The minimum absolute atomic E-state index is 0.0355. The first-order valence-electron chi connectivity index (χ1n) is 8.49. The van der Waals surface area contributed by atoms with Crippen LogP contribution in [0.25, 0.3) is 0 Å². The molecule has 0 aliphatic carbocycles. The highest BCUT2D eigenvalue weighted by Gasteiger charge is 2.31. The Morgan fingerprint density at radius 3 is 2.88 bits per heavy atom. The number of hydrogen-bond acceptors (Lipinski definition) is 5. The fourth-order valence-corrected chi connectivity index (χ4v) is 3.26. The highest BCUT2D eigenvalue weighted by atomic mass is 16.6. The van der Waals surface area contributed by atoms with Gasteiger partial charge in [-0.15, -0.1) is 0 Å². The molecule has 3 atom stereocenters. The second-order valence-corrected chi connectivity index (χ2v) is 6.42. The Kier molecular flexibility index (Phi) is 4.33. The van der Waals surface area contributed by atoms with Crippen LogP contribution in [0.2, 0.25) is 0 Å². The summed E-state index contributed by atoms with van der Waals surface area (Å²) < 4.78 is 13.6. The van der Waals surface area contributed by atoms with Crippen LogP contribution in [0.5, 0.6) is 11.5 Å². The van der Waals surface area contributed by atoms with E-state index >= 15 is 0 Å². The maximum atomic E-state index is 12.4. The van der Waals surface area contributed by atoms with Gasteiger partial charge < -0.3 is 19.4 Å². The van der Waals surface area contributed by atoms with Crippen molar-refractivity contribution in [2.75, 3.05) is 13.2 Å². The standard InChI is InChI=1S/C18H22N4O3/c1-22-8-4-5-15(22)13-9-14(21-20-13)18(23)19-10-12-11-24-16-6-2-3-7-17(16)25-12/h2-8,12-14,20-21H,9-11H2,1H3,(H,19,23). The molecule has 1 saturated heterocycles. The summed E-state index contributed by atoms with van der Waals surface area (Å²) in [6, 6.07) is 11.5. The van der Waals surface area contributed by atoms with Crippen molar-refractivity contribution in [3.63, 3.8) is 0 Å². The van der Waals surface area contributed by atoms with Crippen molar-refractivity contribution in [3.05, 3.63) is 48.3 Å². The predicted octanol–water partition coefficient (Wildman–Crippen LogP) is 0.889. The summed E-state index contributed by atoms with van der Waals surface area (Å²) in [7, 11) is 2.00. The van der Waals surface area contributed by atoms with Crippen molar-refractivity contribution in [3.8, 4) is 11.5 Å². The third-order valence-electron chi connectivity index (χ3n) is 4.63. The number of para-hydroxylation sites is 2. The number of nitrogens with zero attached hydrogens (tertiary/aromatic N) is 1. The summed E-state index contributed by atoms with van der Waals surface area (Å²) in [5.41, 5.74) is 7.43. The van der Waals surface area contributed by atoms with E-state index in [1.165, 1.54) is 0 Å². The zero-order valence-electron chi connectivity index (χ0n) is 14.1. The van der Waals surface area contributed by atoms with Crippen molar-refractivity contribution in [1.29, 1.82) is 0 Å². The predicted molar refractivity (Wildman–Crippen MR) is 92.2 cm³/mol. The molecule has 2 aliphatic rings. The first-order chi connectivity index (χ1) is 12.2. The van der Waals surface area contributed by atoms with E-state index in [1.807, 2.05) is 43.6 Å². The van der Waals surface area contributed by atoms with Crippen molar-refractivity contribution in [2.45, 2.75) is 24.6 Å². The summed E-state index contributed by atoms with van der Waals surface area (Å²) in [6.07, 6.45) is 2.52. The minimum atomic E-state index is -0.267. The van der Waals surface area contributed by atoms with E-state index < -0.39 is 0 Å². The van der Waals surface area contributed by atoms with Gasteiger partial charge in [-0.1, -0.05) is 12.1 Å². The van der Waals surface area contributed by atoms with E-state index in [0.29, 0.717) is 19.6 Å². The molecule has 3 unspecified atom stereocenters. The highest BCUT2D eigenvalue weighted by Crippen LogP contribution is 2.30. The number of hydrogen-bond donors (Lipinski definition) is 3. The lowest BCUT2D eigenvalue weighted by Gasteiger charge is -2.26. The first kappa shape index (κ1) is 16.0. The van der Waals surface area contributed by atoms with Gasteiger partial charge in [0.1, 0.15) is 18.8 Å². The molecule has 3 heterocycles. The fraction of sp³-hybridized carbons (Fsp3) is 0.389. The molecule has 3 N–H and O–H groups in total. The van der Waals surface area contributed by atoms with Crippen LogP contribution in [0, 0.1) is 0 Å². The van der Waals surface area contributed by atoms with Gasteiger partial charge >= 0.3 is 0 Å². The number of carbonyl (C=O) groups excluding carboxylic acids is 1. The summed E-state index contributed by atoms with van der Waals surface area (Å²) in [5.74, 6) is 1.43. The van der Waals surface area contributed by atoms with Gasteiger partial charge in [0.2, 0.25) is 5.91 Å². The molecular weight excluding hydrogens is 320 g/mol. The van der Waals surface area contributed by atoms with E-state index in [0.717, 1.165) is 17.2 Å². The van der Waals surface area contributed by atoms with Gasteiger partial charge in [-0.2, -0.15) is 0 Å². The molecule has 2 aromatic rings. The topological polar surface area (TPSA) is 76.6 Å². The van der Waals surface area contributed by atoms with E-state index in [-0.39, 0.29) is 24.1 Å². The van der Waals surface area contributed by atoms with Crippen LogP contribution in [-0.2, 0) is 11.8 Å². The largest absolute Gasteiger partial charge is 0.486 e. The summed E-state index contributed by atoms with van der Waals surface area (Å²) >= 11 is 0. The van der Waals surface area contributed by atoms with E-state index in [9.17, 15) is 4.79 Å². The Bertz CT molecular complexity index is 760. The minimum Gasteiger partial charge on any atom is -0.486 e. The maximum absolute atomic E-state index is 12.4. The van der Waals surface area contributed by atoms with Crippen LogP contribution in [0.4, 0.5) is 0 Å². The average molecular weight is 342 g/mol. The molecule has 1 fully saturated rings. The molecule has 7 heteroatoms. The molecule has 0 radical (unpaired) electrons. The molecule has 0 spiro atoms. The number of benzene rings is 1. The quantitative estimate of drug-likeness (QED) is 0.769. The van der Waals surface area contributed by atoms with Gasteiger partial charge in [-0.3, -0.25) is 4.79 Å². The Morgan fingerprint density at radius 2 is 2.08 bits per heavy atom. The molecule has 132 valence electrons. The van der Waals surface area contributed by atoms with Gasteiger partial charge in [-0.05, 0) is 30.7 Å². The molecule has 0 bridgehead atoms. The van der Waals surface area contributed by atoms with Crippen molar-refractivity contribution in [1.82, 2.24) is 20.7 Å². The van der Waals surface area contributed by atoms with Crippen molar-refractivity contribution in [2.24, 2.45) is 7.05 Å². The van der Waals surface area contributed by atoms with Crippen LogP contribution in [-0.4, -0.2) is 35.8 Å². The smallest absolute Gasteiger partial charge is 0.238 e. The van der Waals surface area contributed by atoms with Gasteiger partial charge in [0, 0.05) is 18.9 Å². The number of fused-ring (bicyclic) bond motifs is 1. The van der Waals surface area contributed by atoms with Crippen LogP contribution >= 0.6 is 0 Å². The molecular formula is C18H22N4O3. The molecule has 2 aliphatic heterocycles. The number of carbonyl (C=O) groups is 1. The summed E-state index contributed by atoms with van der Waals surface area (Å²) in [4.78, 5) is 12.4. The first-order valence-corrected chi connectivity index (χ1v) is 8.49. The monoisotopic (exact) mass is 342 g/mol. The van der Waals surface area contributed by atoms with Crippen LogP contribution < -0.4 is 25.6 Å². The van der Waals surface area contributed by atoms with Crippen molar-refractivity contribution < 1.29 is 14.3 Å². The summed E-state index contributed by atoms with van der Waals surface area (Å²) in [5, 5.41) is 2.95. The normalized spacial score (nSPS) is 24.9. The number of rotatable bonds is 4. The Hall–Kier alpha value is -2.51. The molecule has 1 aromatic carbocycles. The average Bonchev–Trinajstić information content (AvgIpc) is 3.28. The molecule has 1 amide bonds. The van der Waals surface area contributed by atoms with Gasteiger partial charge in [-0.25, -0.2) is 10.9 Å². The third kappa shape index (κ3) is 3.33. The number of nitrogens with one attached hydrogen (secondary N) is 3. The highest BCUT2D eigenvalue weighted by molar-refractivity contribution is 5.82. The van der Waals surface area contributed by atoms with E-state index in [1.54, 1.807) is 0 Å². The SMILES string of the molecule is Cn1cccc1C1CC(C(=O)NCC2COc3ccccc3O2)NN1. The van der Waals surface area contributed by atoms with Crippen molar-refractivity contribution >= 4 is 5.91 Å². The molecule has 25 heavy (non-hydrogen) atoms. The Labute approximate surface area is 146 Å². The number of ether oxygens (including phenoxy) is 2. The summed E-state index contributed by atoms with van der Waals surface area (Å²) in [6.45, 7) is 0.847. The zero-order chi connectivity index (χ0) is 17.2. The molecule has 1 aromatic heterocycles. The lowest BCUT2D eigenvalue weighted by Crippen LogP contribution is -2.47. The second kappa shape index (κ2) is 6.78. The fourth-order valence-electron chi connectivity index (χ4n) is 3.26. The second-order valence-electron chi connectivity index (χ2n) is 6.42. The van der Waals surface area contributed by atoms with Crippen LogP contribution in [0.15, 0.2) is 42.6 Å². The zero-order valence-corrected chi connectivity index (χ0v) is 14.1. The van der Waals surface area contributed by atoms with Gasteiger partial charge in [0.05, 0.1) is 12.6 Å². The maximum Gasteiger partial charge on any atom is 0.238 e. The number of hydrazine groups is 1. The molecule has 4 rings (SSSR count). The lowest BCUT2D eigenvalue weighted by atomic mass is 10.1. The number of aromatic nitrogens is 1. The third-order valence-corrected chi connectivity index (χ3v) is 4.63. The Morgan fingerprint density at radius 1 is 1.24 bits per heavy atom.